The summed E-state index contributed by atoms with van der Waals surface area (Å²) in [6.07, 6.45) is 0. The number of fused-ring (bicyclic) bond motifs is 3. The fourth-order valence-corrected chi connectivity index (χ4v) is 3.11. The third kappa shape index (κ3) is 1.52. The lowest BCUT2D eigenvalue weighted by atomic mass is 9.80. The van der Waals surface area contributed by atoms with Gasteiger partial charge in [0.25, 0.3) is 5.91 Å². The number of nitrogen functional groups attached to an aromatic ring is 1. The molecule has 0 bridgehead atoms. The molecule has 0 saturated heterocycles. The van der Waals surface area contributed by atoms with E-state index in [4.69, 9.17) is 5.84 Å². The predicted molar refractivity (Wildman–Crippen MR) is 75.7 cm³/mol. The number of benzene rings is 2. The Morgan fingerprint density at radius 1 is 1.05 bits per heavy atom. The minimum Gasteiger partial charge on any atom is -0.290 e. The molecule has 3 rings (SSSR count). The molecular formula is C16H16N2O. The van der Waals surface area contributed by atoms with Crippen molar-refractivity contribution in [2.75, 3.05) is 0 Å². The number of nitrogens with two attached hydrogens (primary N) is 1. The Morgan fingerprint density at radius 3 is 2.47 bits per heavy atom. The van der Waals surface area contributed by atoms with Crippen LogP contribution in [0.15, 0.2) is 42.5 Å². The van der Waals surface area contributed by atoms with E-state index in [1.165, 1.54) is 11.1 Å². The van der Waals surface area contributed by atoms with Crippen molar-refractivity contribution in [2.24, 2.45) is 5.84 Å². The molecule has 3 N–H and O–H groups in total. The van der Waals surface area contributed by atoms with Gasteiger partial charge in [-0.05, 0) is 28.3 Å². The van der Waals surface area contributed by atoms with Gasteiger partial charge in [0.15, 0.2) is 0 Å². The summed E-state index contributed by atoms with van der Waals surface area (Å²) in [4.78, 5) is 12.0. The first-order valence-corrected chi connectivity index (χ1v) is 6.31. The van der Waals surface area contributed by atoms with E-state index in [1.54, 1.807) is 0 Å². The van der Waals surface area contributed by atoms with E-state index >= 15 is 0 Å². The Morgan fingerprint density at radius 2 is 1.74 bits per heavy atom. The maximum Gasteiger partial charge on any atom is 0.265 e. The van der Waals surface area contributed by atoms with Gasteiger partial charge >= 0.3 is 0 Å². The Labute approximate surface area is 112 Å². The van der Waals surface area contributed by atoms with Crippen LogP contribution in [0, 0.1) is 0 Å². The number of rotatable bonds is 1. The van der Waals surface area contributed by atoms with Crippen LogP contribution in [0.5, 0.6) is 0 Å². The molecule has 2 aromatic carbocycles. The Bertz CT molecular complexity index is 674. The Balaban J connectivity index is 2.35. The molecule has 0 saturated carbocycles. The maximum absolute atomic E-state index is 12.0. The van der Waals surface area contributed by atoms with Crippen LogP contribution < -0.4 is 11.3 Å². The summed E-state index contributed by atoms with van der Waals surface area (Å²) in [5.74, 6) is 5.05. The van der Waals surface area contributed by atoms with E-state index in [2.05, 4.69) is 37.5 Å². The molecule has 0 aliphatic heterocycles. The molecule has 1 amide bonds. The molecule has 3 nitrogen and oxygen atoms in total. The largest absolute Gasteiger partial charge is 0.290 e. The van der Waals surface area contributed by atoms with Gasteiger partial charge in [0.05, 0.1) is 0 Å². The van der Waals surface area contributed by atoms with Crippen molar-refractivity contribution in [1.29, 1.82) is 0 Å². The van der Waals surface area contributed by atoms with Gasteiger partial charge in [0, 0.05) is 11.0 Å². The molecule has 0 atom stereocenters. The second-order valence-corrected chi connectivity index (χ2v) is 5.37. The highest BCUT2D eigenvalue weighted by molar-refractivity contribution is 5.99. The van der Waals surface area contributed by atoms with E-state index in [0.29, 0.717) is 5.56 Å². The van der Waals surface area contributed by atoms with Crippen LogP contribution >= 0.6 is 0 Å². The van der Waals surface area contributed by atoms with Crippen molar-refractivity contribution in [2.45, 2.75) is 19.3 Å². The van der Waals surface area contributed by atoms with Crippen LogP contribution in [-0.4, -0.2) is 5.91 Å². The molecule has 3 heteroatoms. The number of carbonyl (C=O) groups is 1. The van der Waals surface area contributed by atoms with Gasteiger partial charge in [-0.1, -0.05) is 50.2 Å². The fraction of sp³-hybridized carbons (Fsp3) is 0.188. The van der Waals surface area contributed by atoms with E-state index in [0.717, 1.165) is 11.1 Å². The van der Waals surface area contributed by atoms with E-state index < -0.39 is 0 Å². The van der Waals surface area contributed by atoms with Crippen LogP contribution in [0.25, 0.3) is 11.1 Å². The lowest BCUT2D eigenvalue weighted by molar-refractivity contribution is 0.0952. The number of amides is 1. The molecule has 1 aliphatic rings. The molecule has 0 fully saturated rings. The molecule has 0 aromatic heterocycles. The van der Waals surface area contributed by atoms with Crippen molar-refractivity contribution >= 4 is 5.91 Å². The highest BCUT2D eigenvalue weighted by Gasteiger charge is 2.38. The van der Waals surface area contributed by atoms with Crippen molar-refractivity contribution in [1.82, 2.24) is 5.43 Å². The predicted octanol–water partition coefficient (Wildman–Crippen LogP) is 2.60. The van der Waals surface area contributed by atoms with Crippen molar-refractivity contribution in [3.05, 3.63) is 59.2 Å². The molecule has 0 radical (unpaired) electrons. The molecule has 19 heavy (non-hydrogen) atoms. The monoisotopic (exact) mass is 252 g/mol. The molecule has 0 unspecified atom stereocenters. The summed E-state index contributed by atoms with van der Waals surface area (Å²) in [6.45, 7) is 4.29. The number of hydrogen-bond donors (Lipinski definition) is 2. The normalized spacial score (nSPS) is 14.7. The number of carbonyl (C=O) groups excluding carboxylic acids is 1. The average molecular weight is 252 g/mol. The Kier molecular flexibility index (Phi) is 2.47. The molecule has 2 aromatic rings. The summed E-state index contributed by atoms with van der Waals surface area (Å²) < 4.78 is 0. The summed E-state index contributed by atoms with van der Waals surface area (Å²) >= 11 is 0. The van der Waals surface area contributed by atoms with Gasteiger partial charge in [0.1, 0.15) is 0 Å². The quantitative estimate of drug-likeness (QED) is 0.465. The first-order chi connectivity index (χ1) is 9.07. The first-order valence-electron chi connectivity index (χ1n) is 6.31. The standard InChI is InChI=1S/C16H16N2O/c1-16(2)13-9-4-3-6-10(13)11-7-5-8-12(14(11)16)15(19)18-17/h3-9H,17H2,1-2H3,(H,18,19). The van der Waals surface area contributed by atoms with E-state index in [9.17, 15) is 4.79 Å². The zero-order valence-corrected chi connectivity index (χ0v) is 11.0. The smallest absolute Gasteiger partial charge is 0.265 e. The van der Waals surface area contributed by atoms with Gasteiger partial charge in [-0.3, -0.25) is 10.2 Å². The van der Waals surface area contributed by atoms with E-state index in [-0.39, 0.29) is 11.3 Å². The zero-order chi connectivity index (χ0) is 13.6. The maximum atomic E-state index is 12.0. The molecular weight excluding hydrogens is 236 g/mol. The zero-order valence-electron chi connectivity index (χ0n) is 11.0. The van der Waals surface area contributed by atoms with Crippen molar-refractivity contribution in [3.8, 4) is 11.1 Å². The van der Waals surface area contributed by atoms with Gasteiger partial charge in [-0.2, -0.15) is 0 Å². The fourth-order valence-electron chi connectivity index (χ4n) is 3.11. The highest BCUT2D eigenvalue weighted by Crippen LogP contribution is 2.49. The highest BCUT2D eigenvalue weighted by atomic mass is 16.2. The van der Waals surface area contributed by atoms with Crippen LogP contribution in [0.3, 0.4) is 0 Å². The first kappa shape index (κ1) is 11.9. The number of nitrogens with one attached hydrogen (secondary N) is 1. The molecule has 0 spiro atoms. The van der Waals surface area contributed by atoms with Crippen LogP contribution in [0.2, 0.25) is 0 Å². The summed E-state index contributed by atoms with van der Waals surface area (Å²) in [5, 5.41) is 0. The van der Waals surface area contributed by atoms with Crippen LogP contribution in [0.4, 0.5) is 0 Å². The van der Waals surface area contributed by atoms with Crippen molar-refractivity contribution < 1.29 is 4.79 Å². The average Bonchev–Trinajstić information content (AvgIpc) is 2.68. The van der Waals surface area contributed by atoms with Crippen molar-refractivity contribution in [3.63, 3.8) is 0 Å². The Hall–Kier alpha value is -2.13. The summed E-state index contributed by atoms with van der Waals surface area (Å²) in [5.41, 5.74) is 7.34. The third-order valence-corrected chi connectivity index (χ3v) is 3.96. The van der Waals surface area contributed by atoms with Gasteiger partial charge in [0.2, 0.25) is 0 Å². The minimum atomic E-state index is -0.238. The molecule has 0 heterocycles. The summed E-state index contributed by atoms with van der Waals surface area (Å²) in [6, 6.07) is 14.1. The van der Waals surface area contributed by atoms with Crippen LogP contribution in [0.1, 0.15) is 35.3 Å². The molecule has 1 aliphatic carbocycles. The van der Waals surface area contributed by atoms with Gasteiger partial charge < -0.3 is 0 Å². The lowest BCUT2D eigenvalue weighted by Gasteiger charge is -2.23. The number of hydrogen-bond acceptors (Lipinski definition) is 2. The number of hydrazine groups is 1. The van der Waals surface area contributed by atoms with Gasteiger partial charge in [-0.15, -0.1) is 0 Å². The van der Waals surface area contributed by atoms with Crippen LogP contribution in [-0.2, 0) is 5.41 Å². The molecule has 96 valence electrons. The third-order valence-electron chi connectivity index (χ3n) is 3.96. The second-order valence-electron chi connectivity index (χ2n) is 5.37. The SMILES string of the molecule is CC1(C)c2ccccc2-c2cccc(C(=O)NN)c21. The second kappa shape index (κ2) is 3.93. The minimum absolute atomic E-state index is 0.185. The van der Waals surface area contributed by atoms with Gasteiger partial charge in [-0.25, -0.2) is 5.84 Å². The topological polar surface area (TPSA) is 55.1 Å². The lowest BCUT2D eigenvalue weighted by Crippen LogP contribution is -2.32. The summed E-state index contributed by atoms with van der Waals surface area (Å²) in [7, 11) is 0. The van der Waals surface area contributed by atoms with E-state index in [1.807, 2.05) is 24.3 Å².